The Balaban J connectivity index is 2.99. The van der Waals surface area contributed by atoms with E-state index in [4.69, 9.17) is 9.84 Å². The maximum absolute atomic E-state index is 11.7. The van der Waals surface area contributed by atoms with Gasteiger partial charge in [0, 0.05) is 13.0 Å². The smallest absolute Gasteiger partial charge is 0.389 e. The number of nitrogens with one attached hydrogen (secondary N) is 1. The molecular weight excluding hydrogens is 211 g/mol. The molecule has 0 saturated heterocycles. The van der Waals surface area contributed by atoms with E-state index in [-0.39, 0.29) is 13.0 Å². The second kappa shape index (κ2) is 8.94. The summed E-state index contributed by atoms with van der Waals surface area (Å²) in [5.41, 5.74) is 0. The van der Waals surface area contributed by atoms with Crippen LogP contribution in [0.25, 0.3) is 0 Å². The summed E-state index contributed by atoms with van der Waals surface area (Å²) in [5.74, 6) is 0. The molecule has 0 saturated carbocycles. The monoisotopic (exact) mass is 229 g/mol. The Labute approximate surface area is 87.6 Å². The molecule has 0 heterocycles. The lowest BCUT2D eigenvalue weighted by Gasteiger charge is -2.07. The predicted molar refractivity (Wildman–Crippen MR) is 50.7 cm³/mol. The predicted octanol–water partition coefficient (Wildman–Crippen LogP) is 1.32. The molecule has 0 atom stereocenters. The van der Waals surface area contributed by atoms with Gasteiger partial charge in [0.25, 0.3) is 0 Å². The van der Waals surface area contributed by atoms with Crippen molar-refractivity contribution in [2.24, 2.45) is 0 Å². The normalized spacial score (nSPS) is 12.0. The van der Waals surface area contributed by atoms with Crippen molar-refractivity contribution in [2.45, 2.75) is 25.4 Å². The fourth-order valence-electron chi connectivity index (χ4n) is 1.01. The number of hydrogen-bond acceptors (Lipinski definition) is 3. The topological polar surface area (TPSA) is 41.5 Å². The molecule has 92 valence electrons. The first-order valence-electron chi connectivity index (χ1n) is 5.02. The van der Waals surface area contributed by atoms with Gasteiger partial charge in [0.15, 0.2) is 0 Å². The van der Waals surface area contributed by atoms with Crippen LogP contribution in [0.5, 0.6) is 0 Å². The molecule has 0 unspecified atom stereocenters. The molecule has 0 aliphatic rings. The third-order valence-corrected chi connectivity index (χ3v) is 1.72. The minimum absolute atomic E-state index is 0.00835. The van der Waals surface area contributed by atoms with Crippen LogP contribution < -0.4 is 5.32 Å². The van der Waals surface area contributed by atoms with Crippen molar-refractivity contribution in [1.29, 1.82) is 0 Å². The van der Waals surface area contributed by atoms with Gasteiger partial charge in [-0.3, -0.25) is 0 Å². The van der Waals surface area contributed by atoms with E-state index in [1.807, 2.05) is 0 Å². The molecule has 3 nitrogen and oxygen atoms in total. The lowest BCUT2D eigenvalue weighted by atomic mass is 10.2. The van der Waals surface area contributed by atoms with Crippen LogP contribution in [0.15, 0.2) is 0 Å². The first kappa shape index (κ1) is 14.7. The lowest BCUT2D eigenvalue weighted by Crippen LogP contribution is -2.21. The summed E-state index contributed by atoms with van der Waals surface area (Å²) in [6, 6.07) is 0. The zero-order valence-corrected chi connectivity index (χ0v) is 8.65. The van der Waals surface area contributed by atoms with E-state index in [0.717, 1.165) is 0 Å². The number of ether oxygens (including phenoxy) is 1. The molecule has 0 bridgehead atoms. The van der Waals surface area contributed by atoms with Crippen LogP contribution >= 0.6 is 0 Å². The molecule has 0 rings (SSSR count). The maximum atomic E-state index is 11.7. The standard InChI is InChI=1S/C9H18F3NO2/c10-9(11,12)3-1-2-4-13-5-7-15-8-6-14/h13-14H,1-8H2. The van der Waals surface area contributed by atoms with Crippen molar-refractivity contribution < 1.29 is 23.0 Å². The first-order valence-corrected chi connectivity index (χ1v) is 5.02. The lowest BCUT2D eigenvalue weighted by molar-refractivity contribution is -0.135. The SMILES string of the molecule is OCCOCCNCCCCC(F)(F)F. The van der Waals surface area contributed by atoms with Gasteiger partial charge < -0.3 is 15.2 Å². The molecule has 2 N–H and O–H groups in total. The Hall–Kier alpha value is -0.330. The Kier molecular flexibility index (Phi) is 8.74. The van der Waals surface area contributed by atoms with Gasteiger partial charge >= 0.3 is 6.18 Å². The van der Waals surface area contributed by atoms with E-state index in [0.29, 0.717) is 32.7 Å². The van der Waals surface area contributed by atoms with Gasteiger partial charge in [0.05, 0.1) is 19.8 Å². The maximum Gasteiger partial charge on any atom is 0.389 e. The fourth-order valence-corrected chi connectivity index (χ4v) is 1.01. The van der Waals surface area contributed by atoms with Crippen molar-refractivity contribution in [3.63, 3.8) is 0 Å². The molecule has 15 heavy (non-hydrogen) atoms. The van der Waals surface area contributed by atoms with Crippen LogP contribution in [0.3, 0.4) is 0 Å². The van der Waals surface area contributed by atoms with Gasteiger partial charge in [-0.25, -0.2) is 0 Å². The number of halogens is 3. The highest BCUT2D eigenvalue weighted by atomic mass is 19.4. The highest BCUT2D eigenvalue weighted by Gasteiger charge is 2.25. The number of alkyl halides is 3. The third-order valence-electron chi connectivity index (χ3n) is 1.72. The largest absolute Gasteiger partial charge is 0.394 e. The Morgan fingerprint density at radius 1 is 1.07 bits per heavy atom. The second-order valence-electron chi connectivity index (χ2n) is 3.16. The van der Waals surface area contributed by atoms with E-state index in [9.17, 15) is 13.2 Å². The van der Waals surface area contributed by atoms with E-state index < -0.39 is 12.6 Å². The first-order chi connectivity index (χ1) is 7.06. The summed E-state index contributed by atoms with van der Waals surface area (Å²) in [5, 5.41) is 11.3. The Morgan fingerprint density at radius 3 is 2.40 bits per heavy atom. The van der Waals surface area contributed by atoms with Gasteiger partial charge in [0.2, 0.25) is 0 Å². The van der Waals surface area contributed by atoms with Gasteiger partial charge in [-0.15, -0.1) is 0 Å². The van der Waals surface area contributed by atoms with Crippen LogP contribution in [0.2, 0.25) is 0 Å². The van der Waals surface area contributed by atoms with Crippen LogP contribution in [-0.4, -0.2) is 44.2 Å². The van der Waals surface area contributed by atoms with Gasteiger partial charge in [-0.05, 0) is 19.4 Å². The highest BCUT2D eigenvalue weighted by molar-refractivity contribution is 4.53. The molecule has 0 radical (unpaired) electrons. The van der Waals surface area contributed by atoms with Gasteiger partial charge in [0.1, 0.15) is 0 Å². The zero-order valence-electron chi connectivity index (χ0n) is 8.65. The van der Waals surface area contributed by atoms with Gasteiger partial charge in [-0.2, -0.15) is 13.2 Å². The quantitative estimate of drug-likeness (QED) is 0.586. The number of aliphatic hydroxyl groups excluding tert-OH is 1. The summed E-state index contributed by atoms with van der Waals surface area (Å²) in [6.07, 6.45) is -4.08. The Morgan fingerprint density at radius 2 is 1.80 bits per heavy atom. The van der Waals surface area contributed by atoms with Crippen molar-refractivity contribution >= 4 is 0 Å². The fraction of sp³-hybridized carbons (Fsp3) is 1.00. The molecule has 0 fully saturated rings. The number of hydrogen-bond donors (Lipinski definition) is 2. The van der Waals surface area contributed by atoms with E-state index in [2.05, 4.69) is 5.32 Å². The van der Waals surface area contributed by atoms with Crippen molar-refractivity contribution in [3.8, 4) is 0 Å². The molecule has 0 aromatic carbocycles. The summed E-state index contributed by atoms with van der Waals surface area (Å²) in [4.78, 5) is 0. The van der Waals surface area contributed by atoms with Crippen LogP contribution in [0.1, 0.15) is 19.3 Å². The van der Waals surface area contributed by atoms with Crippen LogP contribution in [0.4, 0.5) is 13.2 Å². The highest BCUT2D eigenvalue weighted by Crippen LogP contribution is 2.21. The van der Waals surface area contributed by atoms with E-state index in [1.165, 1.54) is 0 Å². The minimum Gasteiger partial charge on any atom is -0.394 e. The van der Waals surface area contributed by atoms with E-state index >= 15 is 0 Å². The average Bonchev–Trinajstić information content (AvgIpc) is 2.14. The van der Waals surface area contributed by atoms with Crippen LogP contribution in [0, 0.1) is 0 Å². The number of rotatable bonds is 9. The molecular formula is C9H18F3NO2. The van der Waals surface area contributed by atoms with Gasteiger partial charge in [-0.1, -0.05) is 0 Å². The molecule has 0 amide bonds. The summed E-state index contributed by atoms with van der Waals surface area (Å²) >= 11 is 0. The second-order valence-corrected chi connectivity index (χ2v) is 3.16. The average molecular weight is 229 g/mol. The molecule has 0 spiro atoms. The molecule has 0 aliphatic heterocycles. The summed E-state index contributed by atoms with van der Waals surface area (Å²) in [7, 11) is 0. The number of unbranched alkanes of at least 4 members (excludes halogenated alkanes) is 1. The van der Waals surface area contributed by atoms with Crippen molar-refractivity contribution in [3.05, 3.63) is 0 Å². The molecule has 0 aliphatic carbocycles. The molecule has 0 aromatic rings. The van der Waals surface area contributed by atoms with E-state index in [1.54, 1.807) is 0 Å². The van der Waals surface area contributed by atoms with Crippen molar-refractivity contribution in [1.82, 2.24) is 5.32 Å². The van der Waals surface area contributed by atoms with Crippen LogP contribution in [-0.2, 0) is 4.74 Å². The van der Waals surface area contributed by atoms with Crippen molar-refractivity contribution in [2.75, 3.05) is 32.9 Å². The zero-order chi connectivity index (χ0) is 11.6. The summed E-state index contributed by atoms with van der Waals surface area (Å²) < 4.78 is 40.1. The minimum atomic E-state index is -4.04. The Bertz CT molecular complexity index is 142. The summed E-state index contributed by atoms with van der Waals surface area (Å²) in [6.45, 7) is 1.94. The third kappa shape index (κ3) is 13.7. The molecule has 6 heteroatoms. The molecule has 0 aromatic heterocycles. The number of aliphatic hydroxyl groups is 1.